The van der Waals surface area contributed by atoms with Crippen LogP contribution in [0.1, 0.15) is 401 Å². The number of hydrogen-bond donors (Lipinski definition) is 3. The molecule has 19 heteroatoms. The zero-order valence-electron chi connectivity index (χ0n) is 62.7. The average molecular weight is 1410 g/mol. The van der Waals surface area contributed by atoms with E-state index >= 15 is 0 Å². The molecule has 0 fully saturated rings. The molecule has 17 nitrogen and oxygen atoms in total. The van der Waals surface area contributed by atoms with Crippen LogP contribution in [0, 0.1) is 11.8 Å². The lowest BCUT2D eigenvalue weighted by Crippen LogP contribution is -2.30. The van der Waals surface area contributed by atoms with Crippen molar-refractivity contribution in [3.05, 3.63) is 0 Å². The molecule has 0 amide bonds. The Balaban J connectivity index is 5.12. The van der Waals surface area contributed by atoms with E-state index in [2.05, 4.69) is 41.5 Å². The van der Waals surface area contributed by atoms with Gasteiger partial charge in [-0.05, 0) is 37.5 Å². The Labute approximate surface area is 588 Å². The van der Waals surface area contributed by atoms with Gasteiger partial charge in [0.15, 0.2) is 12.2 Å². The van der Waals surface area contributed by atoms with E-state index in [0.29, 0.717) is 25.7 Å². The Hall–Kier alpha value is -1.94. The summed E-state index contributed by atoms with van der Waals surface area (Å²) in [5.41, 5.74) is 0. The van der Waals surface area contributed by atoms with Crippen LogP contribution in [0.25, 0.3) is 0 Å². The van der Waals surface area contributed by atoms with Crippen LogP contribution in [0.2, 0.25) is 0 Å². The highest BCUT2D eigenvalue weighted by Gasteiger charge is 2.30. The molecule has 0 aromatic heterocycles. The molecular formula is C77H150O17P2. The van der Waals surface area contributed by atoms with Crippen molar-refractivity contribution in [3.63, 3.8) is 0 Å². The van der Waals surface area contributed by atoms with Crippen LogP contribution < -0.4 is 0 Å². The van der Waals surface area contributed by atoms with E-state index in [-0.39, 0.29) is 25.7 Å². The van der Waals surface area contributed by atoms with Crippen molar-refractivity contribution in [2.45, 2.75) is 419 Å². The van der Waals surface area contributed by atoms with Gasteiger partial charge in [-0.3, -0.25) is 37.3 Å². The van der Waals surface area contributed by atoms with Gasteiger partial charge in [0.25, 0.3) is 0 Å². The molecule has 0 rings (SSSR count). The van der Waals surface area contributed by atoms with Crippen molar-refractivity contribution >= 4 is 39.5 Å². The highest BCUT2D eigenvalue weighted by Crippen LogP contribution is 2.45. The van der Waals surface area contributed by atoms with Crippen molar-refractivity contribution in [2.75, 3.05) is 39.6 Å². The van der Waals surface area contributed by atoms with Gasteiger partial charge in [0.05, 0.1) is 26.4 Å². The zero-order valence-corrected chi connectivity index (χ0v) is 64.5. The molecule has 570 valence electrons. The lowest BCUT2D eigenvalue weighted by Gasteiger charge is -2.21. The number of rotatable bonds is 76. The van der Waals surface area contributed by atoms with Gasteiger partial charge in [-0.2, -0.15) is 0 Å². The third kappa shape index (κ3) is 69.2. The van der Waals surface area contributed by atoms with Crippen molar-refractivity contribution in [1.82, 2.24) is 0 Å². The lowest BCUT2D eigenvalue weighted by atomic mass is 9.99. The molecule has 0 heterocycles. The van der Waals surface area contributed by atoms with Gasteiger partial charge in [-0.15, -0.1) is 0 Å². The first-order valence-electron chi connectivity index (χ1n) is 40.0. The molecule has 6 atom stereocenters. The van der Waals surface area contributed by atoms with Gasteiger partial charge in [-0.1, -0.05) is 350 Å². The second-order valence-electron chi connectivity index (χ2n) is 28.5. The molecule has 96 heavy (non-hydrogen) atoms. The van der Waals surface area contributed by atoms with Crippen LogP contribution in [0.5, 0.6) is 0 Å². The first kappa shape index (κ1) is 94.1. The summed E-state index contributed by atoms with van der Waals surface area (Å²) >= 11 is 0. The highest BCUT2D eigenvalue weighted by molar-refractivity contribution is 7.47. The molecule has 3 unspecified atom stereocenters. The van der Waals surface area contributed by atoms with E-state index in [1.54, 1.807) is 0 Å². The quantitative estimate of drug-likeness (QED) is 0.0222. The lowest BCUT2D eigenvalue weighted by molar-refractivity contribution is -0.161. The van der Waals surface area contributed by atoms with E-state index in [1.165, 1.54) is 212 Å². The molecule has 0 saturated heterocycles. The summed E-state index contributed by atoms with van der Waals surface area (Å²) in [4.78, 5) is 72.5. The summed E-state index contributed by atoms with van der Waals surface area (Å²) in [5.74, 6) is -0.541. The summed E-state index contributed by atoms with van der Waals surface area (Å²) in [6, 6.07) is 0. The molecule has 0 aliphatic carbocycles. The molecule has 0 spiro atoms. The number of carbonyl (C=O) groups excluding carboxylic acids is 4. The fourth-order valence-electron chi connectivity index (χ4n) is 11.8. The predicted octanol–water partition coefficient (Wildman–Crippen LogP) is 22.7. The number of aliphatic hydroxyl groups excluding tert-OH is 1. The topological polar surface area (TPSA) is 237 Å². The number of phosphoric acid groups is 2. The standard InChI is InChI=1S/C77H150O17P2/c1-7-10-12-14-15-16-17-18-19-20-21-22-23-24-25-30-33-38-43-49-55-61-76(81)94-73(66-88-75(80)60-54-48-42-37-32-29-27-26-28-31-36-41-47-52-58-70(6)9-3)68-92-96(85,86)90-64-71(78)63-89-95(83,84)91-67-72(65-87-74(79)59-53-45-13-11-8-2)93-77(82)62-56-50-44-39-34-35-40-46-51-57-69(4)5/h69-73,78H,7-68H2,1-6H3,(H,83,84)(H,85,86)/t70?,71-,72+,73+/m0/s1. The smallest absolute Gasteiger partial charge is 0.462 e. The van der Waals surface area contributed by atoms with E-state index in [0.717, 1.165) is 108 Å². The first-order chi connectivity index (χ1) is 46.4. The number of hydrogen-bond acceptors (Lipinski definition) is 15. The van der Waals surface area contributed by atoms with Crippen LogP contribution in [0.4, 0.5) is 0 Å². The minimum atomic E-state index is -4.96. The van der Waals surface area contributed by atoms with E-state index in [9.17, 15) is 43.2 Å². The van der Waals surface area contributed by atoms with Crippen molar-refractivity contribution in [3.8, 4) is 0 Å². The number of phosphoric ester groups is 2. The molecule has 3 N–H and O–H groups in total. The van der Waals surface area contributed by atoms with E-state index < -0.39 is 97.5 Å². The zero-order chi connectivity index (χ0) is 70.7. The summed E-state index contributed by atoms with van der Waals surface area (Å²) in [7, 11) is -9.90. The summed E-state index contributed by atoms with van der Waals surface area (Å²) in [6.45, 7) is 9.54. The van der Waals surface area contributed by atoms with Gasteiger partial charge in [0.2, 0.25) is 0 Å². The number of aliphatic hydroxyl groups is 1. The minimum absolute atomic E-state index is 0.105. The third-order valence-corrected chi connectivity index (χ3v) is 20.2. The SMILES string of the molecule is CCCCCCCCCCCCCCCCCCCCCCCC(=O)O[C@H](COC(=O)CCCCCCCCCCCCCCCCC(C)CC)COP(=O)(O)OC[C@@H](O)COP(=O)(O)OC[C@@H](COC(=O)CCCCCCC)OC(=O)CCCCCCCCCCCC(C)C. The Bertz CT molecular complexity index is 1860. The van der Waals surface area contributed by atoms with Gasteiger partial charge >= 0.3 is 39.5 Å². The Morgan fingerprint density at radius 1 is 0.302 bits per heavy atom. The number of unbranched alkanes of at least 4 members (excludes halogenated alkanes) is 45. The van der Waals surface area contributed by atoms with Crippen LogP contribution in [0.3, 0.4) is 0 Å². The van der Waals surface area contributed by atoms with Crippen molar-refractivity contribution in [1.29, 1.82) is 0 Å². The van der Waals surface area contributed by atoms with E-state index in [1.807, 2.05) is 0 Å². The van der Waals surface area contributed by atoms with Crippen LogP contribution in [-0.2, 0) is 65.4 Å². The Morgan fingerprint density at radius 3 is 0.792 bits per heavy atom. The van der Waals surface area contributed by atoms with Gasteiger partial charge in [-0.25, -0.2) is 9.13 Å². The maximum atomic E-state index is 13.1. The molecular weight excluding hydrogens is 1260 g/mol. The van der Waals surface area contributed by atoms with Crippen LogP contribution in [0.15, 0.2) is 0 Å². The molecule has 0 aromatic rings. The number of carbonyl (C=O) groups is 4. The molecule has 0 aliphatic rings. The monoisotopic (exact) mass is 1410 g/mol. The average Bonchev–Trinajstić information content (AvgIpc) is 1.22. The Kier molecular flexibility index (Phi) is 67.4. The molecule has 0 saturated carbocycles. The fourth-order valence-corrected chi connectivity index (χ4v) is 13.4. The second-order valence-corrected chi connectivity index (χ2v) is 31.4. The molecule has 0 radical (unpaired) electrons. The fraction of sp³-hybridized carbons (Fsp3) is 0.948. The molecule has 0 bridgehead atoms. The number of ether oxygens (including phenoxy) is 4. The van der Waals surface area contributed by atoms with Gasteiger partial charge in [0.1, 0.15) is 19.3 Å². The largest absolute Gasteiger partial charge is 0.472 e. The van der Waals surface area contributed by atoms with E-state index in [4.69, 9.17) is 37.0 Å². The summed E-state index contributed by atoms with van der Waals surface area (Å²) < 4.78 is 68.3. The Morgan fingerprint density at radius 2 is 0.531 bits per heavy atom. The van der Waals surface area contributed by atoms with Gasteiger partial charge < -0.3 is 33.8 Å². The minimum Gasteiger partial charge on any atom is -0.462 e. The van der Waals surface area contributed by atoms with Crippen molar-refractivity contribution < 1.29 is 80.2 Å². The maximum absolute atomic E-state index is 13.1. The molecule has 0 aliphatic heterocycles. The normalized spacial score (nSPS) is 14.3. The maximum Gasteiger partial charge on any atom is 0.472 e. The summed E-state index contributed by atoms with van der Waals surface area (Å²) in [5, 5.41) is 10.6. The third-order valence-electron chi connectivity index (χ3n) is 18.3. The van der Waals surface area contributed by atoms with Crippen molar-refractivity contribution in [2.24, 2.45) is 11.8 Å². The predicted molar refractivity (Wildman–Crippen MR) is 391 cm³/mol. The summed E-state index contributed by atoms with van der Waals surface area (Å²) in [6.07, 6.45) is 57.4. The first-order valence-corrected chi connectivity index (χ1v) is 43.0. The van der Waals surface area contributed by atoms with Crippen LogP contribution >= 0.6 is 15.6 Å². The molecule has 0 aromatic carbocycles. The highest BCUT2D eigenvalue weighted by atomic mass is 31.2. The number of esters is 4. The van der Waals surface area contributed by atoms with Gasteiger partial charge in [0, 0.05) is 25.7 Å². The van der Waals surface area contributed by atoms with Crippen LogP contribution in [-0.4, -0.2) is 96.7 Å². The second kappa shape index (κ2) is 68.8.